The van der Waals surface area contributed by atoms with Gasteiger partial charge in [0.15, 0.2) is 5.75 Å². The van der Waals surface area contributed by atoms with Crippen molar-refractivity contribution in [2.45, 2.75) is 18.9 Å². The Morgan fingerprint density at radius 2 is 1.79 bits per heavy atom. The van der Waals surface area contributed by atoms with Gasteiger partial charge in [-0.05, 0) is 29.3 Å². The molecule has 2 aromatic rings. The van der Waals surface area contributed by atoms with Crippen LogP contribution in [0.4, 0.5) is 10.1 Å². The van der Waals surface area contributed by atoms with Gasteiger partial charge in [-0.15, -0.1) is 0 Å². The Morgan fingerprint density at radius 1 is 1.14 bits per heavy atom. The minimum atomic E-state index is -1.04. The molecule has 0 saturated heterocycles. The van der Waals surface area contributed by atoms with Gasteiger partial charge in [0, 0.05) is 12.5 Å². The summed E-state index contributed by atoms with van der Waals surface area (Å²) in [4.78, 5) is 34.9. The molecule has 0 unspecified atom stereocenters. The number of amides is 1. The van der Waals surface area contributed by atoms with Crippen LogP contribution in [0, 0.1) is 15.9 Å². The van der Waals surface area contributed by atoms with E-state index in [9.17, 15) is 24.1 Å². The van der Waals surface area contributed by atoms with E-state index in [1.54, 1.807) is 6.07 Å². The molecule has 148 valence electrons. The molecular formula is C19H19FN2O6. The molecule has 9 heteroatoms. The number of rotatable bonds is 8. The first-order chi connectivity index (χ1) is 13.3. The van der Waals surface area contributed by atoms with E-state index in [1.807, 2.05) is 0 Å². The largest absolute Gasteiger partial charge is 0.490 e. The van der Waals surface area contributed by atoms with Gasteiger partial charge in [-0.3, -0.25) is 14.9 Å². The van der Waals surface area contributed by atoms with E-state index in [4.69, 9.17) is 9.47 Å². The highest BCUT2D eigenvalue weighted by Crippen LogP contribution is 2.28. The predicted molar refractivity (Wildman–Crippen MR) is 97.4 cm³/mol. The zero-order valence-electron chi connectivity index (χ0n) is 15.3. The fourth-order valence-corrected chi connectivity index (χ4v) is 2.61. The third-order valence-electron chi connectivity index (χ3n) is 3.98. The van der Waals surface area contributed by atoms with Gasteiger partial charge >= 0.3 is 11.7 Å². The summed E-state index contributed by atoms with van der Waals surface area (Å²) < 4.78 is 22.6. The Balaban J connectivity index is 2.14. The molecule has 0 aliphatic carbocycles. The predicted octanol–water partition coefficient (Wildman–Crippen LogP) is 2.19. The number of nitro benzene ring substituents is 1. The maximum Gasteiger partial charge on any atom is 0.328 e. The molecule has 2 aromatic carbocycles. The smallest absolute Gasteiger partial charge is 0.328 e. The van der Waals surface area contributed by atoms with E-state index in [1.165, 1.54) is 50.6 Å². The number of methoxy groups -OCH3 is 2. The van der Waals surface area contributed by atoms with Gasteiger partial charge in [-0.1, -0.05) is 18.2 Å². The highest BCUT2D eigenvalue weighted by Gasteiger charge is 2.24. The van der Waals surface area contributed by atoms with Crippen molar-refractivity contribution in [2.24, 2.45) is 0 Å². The molecule has 0 saturated carbocycles. The van der Waals surface area contributed by atoms with Gasteiger partial charge in [0.2, 0.25) is 5.91 Å². The summed E-state index contributed by atoms with van der Waals surface area (Å²) in [6, 6.07) is 8.63. The number of hydrogen-bond acceptors (Lipinski definition) is 6. The van der Waals surface area contributed by atoms with E-state index < -0.39 is 28.7 Å². The van der Waals surface area contributed by atoms with Crippen molar-refractivity contribution < 1.29 is 28.4 Å². The standard InChI is InChI=1S/C19H19FN2O6/c1-27-17-8-5-13(10-16(17)22(25)26)9-15(19(24)28-2)21-18(23)11-12-3-6-14(20)7-4-12/h3-8,10,15H,9,11H2,1-2H3,(H,21,23)/t15-/m0/s1. The molecule has 1 amide bonds. The van der Waals surface area contributed by atoms with Crippen LogP contribution in [0.15, 0.2) is 42.5 Å². The lowest BCUT2D eigenvalue weighted by molar-refractivity contribution is -0.385. The SMILES string of the molecule is COC(=O)[C@H](Cc1ccc(OC)c([N+](=O)[O-])c1)NC(=O)Cc1ccc(F)cc1. The molecule has 0 aromatic heterocycles. The molecule has 1 N–H and O–H groups in total. The van der Waals surface area contributed by atoms with E-state index in [-0.39, 0.29) is 24.3 Å². The second-order valence-corrected chi connectivity index (χ2v) is 5.91. The van der Waals surface area contributed by atoms with Crippen LogP contribution >= 0.6 is 0 Å². The number of benzene rings is 2. The van der Waals surface area contributed by atoms with E-state index >= 15 is 0 Å². The Labute approximate surface area is 160 Å². The van der Waals surface area contributed by atoms with Crippen molar-refractivity contribution in [1.82, 2.24) is 5.32 Å². The van der Waals surface area contributed by atoms with E-state index in [0.717, 1.165) is 0 Å². The summed E-state index contributed by atoms with van der Waals surface area (Å²) in [7, 11) is 2.49. The maximum atomic E-state index is 13.0. The number of hydrogen-bond donors (Lipinski definition) is 1. The molecule has 0 fully saturated rings. The second-order valence-electron chi connectivity index (χ2n) is 5.91. The van der Waals surface area contributed by atoms with Gasteiger partial charge in [0.25, 0.3) is 0 Å². The number of nitro groups is 1. The molecule has 1 atom stereocenters. The van der Waals surface area contributed by atoms with Crippen LogP contribution < -0.4 is 10.1 Å². The average Bonchev–Trinajstić information content (AvgIpc) is 2.68. The summed E-state index contributed by atoms with van der Waals surface area (Å²) in [5, 5.41) is 13.7. The van der Waals surface area contributed by atoms with Crippen molar-refractivity contribution >= 4 is 17.6 Å². The average molecular weight is 390 g/mol. The fraction of sp³-hybridized carbons (Fsp3) is 0.263. The first-order valence-corrected chi connectivity index (χ1v) is 8.27. The monoisotopic (exact) mass is 390 g/mol. The van der Waals surface area contributed by atoms with Gasteiger partial charge in [0.1, 0.15) is 11.9 Å². The van der Waals surface area contributed by atoms with Crippen LogP contribution in [0.3, 0.4) is 0 Å². The minimum absolute atomic E-state index is 0.00728. The van der Waals surface area contributed by atoms with Gasteiger partial charge in [-0.25, -0.2) is 9.18 Å². The van der Waals surface area contributed by atoms with Gasteiger partial charge in [0.05, 0.1) is 25.6 Å². The van der Waals surface area contributed by atoms with E-state index in [0.29, 0.717) is 11.1 Å². The summed E-state index contributed by atoms with van der Waals surface area (Å²) >= 11 is 0. The van der Waals surface area contributed by atoms with Crippen LogP contribution in [-0.4, -0.2) is 37.1 Å². The van der Waals surface area contributed by atoms with E-state index in [2.05, 4.69) is 5.32 Å². The Bertz CT molecular complexity index is 869. The molecule has 0 heterocycles. The third-order valence-corrected chi connectivity index (χ3v) is 3.98. The van der Waals surface area contributed by atoms with Crippen LogP contribution in [0.5, 0.6) is 5.75 Å². The molecule has 2 rings (SSSR count). The molecule has 0 aliphatic rings. The third kappa shape index (κ3) is 5.50. The van der Waals surface area contributed by atoms with Gasteiger partial charge < -0.3 is 14.8 Å². The van der Waals surface area contributed by atoms with Crippen molar-refractivity contribution in [2.75, 3.05) is 14.2 Å². The lowest BCUT2D eigenvalue weighted by atomic mass is 10.0. The first kappa shape index (κ1) is 20.8. The van der Waals surface area contributed by atoms with Crippen molar-refractivity contribution in [1.29, 1.82) is 0 Å². The van der Waals surface area contributed by atoms with Crippen molar-refractivity contribution in [3.63, 3.8) is 0 Å². The van der Waals surface area contributed by atoms with Crippen LogP contribution in [0.2, 0.25) is 0 Å². The fourth-order valence-electron chi connectivity index (χ4n) is 2.61. The zero-order valence-corrected chi connectivity index (χ0v) is 15.3. The highest BCUT2D eigenvalue weighted by atomic mass is 19.1. The molecule has 0 bridgehead atoms. The van der Waals surface area contributed by atoms with Crippen molar-refractivity contribution in [3.05, 3.63) is 69.5 Å². The second kappa shape index (κ2) is 9.45. The number of esters is 1. The Kier molecular flexibility index (Phi) is 7.02. The lowest BCUT2D eigenvalue weighted by Crippen LogP contribution is -2.43. The summed E-state index contributed by atoms with van der Waals surface area (Å²) in [5.74, 6) is -1.49. The van der Waals surface area contributed by atoms with Crippen LogP contribution in [0.25, 0.3) is 0 Å². The molecule has 0 aliphatic heterocycles. The highest BCUT2D eigenvalue weighted by molar-refractivity contribution is 5.85. The molecule has 8 nitrogen and oxygen atoms in total. The number of carbonyl (C=O) groups excluding carboxylic acids is 2. The lowest BCUT2D eigenvalue weighted by Gasteiger charge is -2.17. The topological polar surface area (TPSA) is 108 Å². The first-order valence-electron chi connectivity index (χ1n) is 8.27. The maximum absolute atomic E-state index is 13.0. The normalized spacial score (nSPS) is 11.4. The summed E-state index contributed by atoms with van der Waals surface area (Å²) in [6.45, 7) is 0. The Morgan fingerprint density at radius 3 is 2.36 bits per heavy atom. The number of halogens is 1. The Hall–Kier alpha value is -3.49. The number of nitrogens with one attached hydrogen (secondary N) is 1. The number of nitrogens with zero attached hydrogens (tertiary/aromatic N) is 1. The number of ether oxygens (including phenoxy) is 2. The molecule has 0 radical (unpaired) electrons. The van der Waals surface area contributed by atoms with Crippen LogP contribution in [-0.2, 0) is 27.2 Å². The molecule has 28 heavy (non-hydrogen) atoms. The quantitative estimate of drug-likeness (QED) is 0.421. The minimum Gasteiger partial charge on any atom is -0.490 e. The van der Waals surface area contributed by atoms with Gasteiger partial charge in [-0.2, -0.15) is 0 Å². The molecular weight excluding hydrogens is 371 g/mol. The summed E-state index contributed by atoms with van der Waals surface area (Å²) in [6.07, 6.45) is -0.0663. The summed E-state index contributed by atoms with van der Waals surface area (Å²) in [5.41, 5.74) is 0.772. The number of carbonyl (C=O) groups is 2. The molecule has 0 spiro atoms. The van der Waals surface area contributed by atoms with Crippen LogP contribution in [0.1, 0.15) is 11.1 Å². The zero-order chi connectivity index (χ0) is 20.7. The van der Waals surface area contributed by atoms with Crippen molar-refractivity contribution in [3.8, 4) is 5.75 Å².